The van der Waals surface area contributed by atoms with Crippen molar-refractivity contribution in [1.82, 2.24) is 0 Å². The number of hydrogen-bond donors (Lipinski definition) is 0. The second-order valence-corrected chi connectivity index (χ2v) is 3.48. The fourth-order valence-corrected chi connectivity index (χ4v) is 1.68. The van der Waals surface area contributed by atoms with Gasteiger partial charge in [-0.15, -0.1) is 0 Å². The van der Waals surface area contributed by atoms with Crippen molar-refractivity contribution in [1.29, 1.82) is 0 Å². The molecule has 1 aromatic rings. The van der Waals surface area contributed by atoms with Gasteiger partial charge in [0.25, 0.3) is 0 Å². The van der Waals surface area contributed by atoms with Gasteiger partial charge in [0.05, 0.1) is 6.10 Å². The first kappa shape index (κ1) is 8.76. The van der Waals surface area contributed by atoms with Crippen molar-refractivity contribution in [2.24, 2.45) is 0 Å². The van der Waals surface area contributed by atoms with E-state index in [2.05, 4.69) is 30.7 Å². The third-order valence-corrected chi connectivity index (χ3v) is 2.39. The Bertz CT molecular complexity index is 237. The summed E-state index contributed by atoms with van der Waals surface area (Å²) >= 11 is 0. The molecule has 1 aromatic carbocycles. The Labute approximate surface area is 79.7 Å². The lowest BCUT2D eigenvalue weighted by Gasteiger charge is -2.22. The van der Waals surface area contributed by atoms with Crippen LogP contribution in [-0.2, 0) is 4.74 Å². The van der Waals surface area contributed by atoms with E-state index < -0.39 is 0 Å². The summed E-state index contributed by atoms with van der Waals surface area (Å²) in [5.74, 6) is 0. The van der Waals surface area contributed by atoms with Crippen molar-refractivity contribution in [2.75, 3.05) is 6.61 Å². The monoisotopic (exact) mass is 175 g/mol. The molecule has 0 bridgehead atoms. The summed E-state index contributed by atoms with van der Waals surface area (Å²) in [7, 11) is 0. The molecule has 0 spiro atoms. The van der Waals surface area contributed by atoms with Gasteiger partial charge in [0.15, 0.2) is 0 Å². The number of hydrogen-bond acceptors (Lipinski definition) is 1. The van der Waals surface area contributed by atoms with E-state index in [0.29, 0.717) is 6.10 Å². The molecule has 1 aliphatic rings. The second-order valence-electron chi connectivity index (χ2n) is 3.48. The van der Waals surface area contributed by atoms with Crippen LogP contribution in [0.3, 0.4) is 0 Å². The molecule has 0 saturated carbocycles. The molecule has 1 heterocycles. The zero-order valence-electron chi connectivity index (χ0n) is 7.78. The zero-order chi connectivity index (χ0) is 8.93. The van der Waals surface area contributed by atoms with E-state index >= 15 is 0 Å². The Morgan fingerprint density at radius 1 is 1.15 bits per heavy atom. The highest BCUT2D eigenvalue weighted by Gasteiger charge is 2.13. The van der Waals surface area contributed by atoms with Gasteiger partial charge in [-0.2, -0.15) is 0 Å². The minimum atomic E-state index is 0.344. The summed E-state index contributed by atoms with van der Waals surface area (Å²) in [6, 6.07) is 10.4. The molecule has 69 valence electrons. The van der Waals surface area contributed by atoms with E-state index in [-0.39, 0.29) is 0 Å². The largest absolute Gasteiger partial charge is 0.378 e. The average molecular weight is 175 g/mol. The lowest BCUT2D eigenvalue weighted by molar-refractivity contribution is 0.0387. The van der Waals surface area contributed by atoms with E-state index in [1.54, 1.807) is 0 Å². The van der Waals surface area contributed by atoms with Crippen molar-refractivity contribution in [3.63, 3.8) is 0 Å². The molecule has 1 fully saturated rings. The second kappa shape index (κ2) is 4.43. The van der Waals surface area contributed by atoms with Gasteiger partial charge in [0.2, 0.25) is 0 Å². The topological polar surface area (TPSA) is 9.23 Å². The minimum absolute atomic E-state index is 0.344. The van der Waals surface area contributed by atoms with Crippen LogP contribution in [0.15, 0.2) is 30.3 Å². The molecule has 1 heteroatoms. The maximum Gasteiger partial charge on any atom is 0.0650 e. The molecule has 0 aromatic heterocycles. The molecular formula is C12H15O. The van der Waals surface area contributed by atoms with Crippen LogP contribution >= 0.6 is 0 Å². The summed E-state index contributed by atoms with van der Waals surface area (Å²) in [5, 5.41) is 0. The Kier molecular flexibility index (Phi) is 2.98. The highest BCUT2D eigenvalue weighted by molar-refractivity contribution is 5.24. The molecule has 1 aliphatic heterocycles. The van der Waals surface area contributed by atoms with Gasteiger partial charge in [-0.1, -0.05) is 30.3 Å². The lowest BCUT2D eigenvalue weighted by atomic mass is 10.0. The van der Waals surface area contributed by atoms with E-state index in [4.69, 9.17) is 4.74 Å². The van der Waals surface area contributed by atoms with Gasteiger partial charge < -0.3 is 4.74 Å². The van der Waals surface area contributed by atoms with Crippen LogP contribution in [0.4, 0.5) is 0 Å². The Hall–Kier alpha value is -0.820. The van der Waals surface area contributed by atoms with Crippen molar-refractivity contribution in [3.8, 4) is 0 Å². The normalized spacial score (nSPS) is 22.9. The van der Waals surface area contributed by atoms with Crippen LogP contribution in [-0.4, -0.2) is 12.7 Å². The predicted octanol–water partition coefficient (Wildman–Crippen LogP) is 2.81. The van der Waals surface area contributed by atoms with Gasteiger partial charge in [-0.25, -0.2) is 0 Å². The van der Waals surface area contributed by atoms with E-state index in [0.717, 1.165) is 6.61 Å². The van der Waals surface area contributed by atoms with Crippen molar-refractivity contribution < 1.29 is 4.74 Å². The fraction of sp³-hybridized carbons (Fsp3) is 0.417. The first-order valence-corrected chi connectivity index (χ1v) is 4.97. The smallest absolute Gasteiger partial charge is 0.0650 e. The van der Waals surface area contributed by atoms with Gasteiger partial charge in [-0.3, -0.25) is 0 Å². The third-order valence-electron chi connectivity index (χ3n) is 2.39. The highest BCUT2D eigenvalue weighted by atomic mass is 16.5. The minimum Gasteiger partial charge on any atom is -0.378 e. The molecule has 13 heavy (non-hydrogen) atoms. The van der Waals surface area contributed by atoms with Gasteiger partial charge >= 0.3 is 0 Å². The molecule has 1 radical (unpaired) electrons. The Balaban J connectivity index is 1.90. The summed E-state index contributed by atoms with van der Waals surface area (Å²) in [6.45, 7) is 0.925. The van der Waals surface area contributed by atoms with Gasteiger partial charge in [0.1, 0.15) is 0 Å². The van der Waals surface area contributed by atoms with Gasteiger partial charge in [-0.05, 0) is 24.8 Å². The highest BCUT2D eigenvalue weighted by Crippen LogP contribution is 2.18. The summed E-state index contributed by atoms with van der Waals surface area (Å²) in [6.07, 6.45) is 6.26. The number of rotatable bonds is 2. The van der Waals surface area contributed by atoms with E-state index in [1.807, 2.05) is 6.07 Å². The van der Waals surface area contributed by atoms with E-state index in [1.165, 1.54) is 24.8 Å². The first-order chi connectivity index (χ1) is 6.45. The molecule has 0 aliphatic carbocycles. The molecule has 1 atom stereocenters. The molecule has 0 amide bonds. The van der Waals surface area contributed by atoms with Crippen molar-refractivity contribution in [3.05, 3.63) is 42.3 Å². The van der Waals surface area contributed by atoms with Crippen LogP contribution in [0.25, 0.3) is 0 Å². The van der Waals surface area contributed by atoms with Crippen LogP contribution in [0.2, 0.25) is 0 Å². The summed E-state index contributed by atoms with van der Waals surface area (Å²) in [4.78, 5) is 0. The Morgan fingerprint density at radius 2 is 2.00 bits per heavy atom. The van der Waals surface area contributed by atoms with Crippen molar-refractivity contribution >= 4 is 0 Å². The number of ether oxygens (including phenoxy) is 1. The Morgan fingerprint density at radius 3 is 2.69 bits per heavy atom. The SMILES string of the molecule is [CH](c1ccccc1)C1CCCCO1. The summed E-state index contributed by atoms with van der Waals surface area (Å²) < 4.78 is 5.63. The molecule has 1 nitrogen and oxygen atoms in total. The average Bonchev–Trinajstić information content (AvgIpc) is 2.21. The van der Waals surface area contributed by atoms with Crippen LogP contribution in [0.5, 0.6) is 0 Å². The molecule has 0 N–H and O–H groups in total. The fourth-order valence-electron chi connectivity index (χ4n) is 1.68. The maximum absolute atomic E-state index is 5.63. The molecule has 1 unspecified atom stereocenters. The quantitative estimate of drug-likeness (QED) is 0.671. The van der Waals surface area contributed by atoms with Crippen LogP contribution in [0.1, 0.15) is 24.8 Å². The van der Waals surface area contributed by atoms with E-state index in [9.17, 15) is 0 Å². The predicted molar refractivity (Wildman–Crippen MR) is 53.4 cm³/mol. The third kappa shape index (κ3) is 2.56. The van der Waals surface area contributed by atoms with Gasteiger partial charge in [0, 0.05) is 13.0 Å². The standard InChI is InChI=1S/C12H15O/c1-2-6-11(7-3-1)10-12-8-4-5-9-13-12/h1-3,6-7,10,12H,4-5,8-9H2. The van der Waals surface area contributed by atoms with Crippen LogP contribution < -0.4 is 0 Å². The number of benzene rings is 1. The lowest BCUT2D eigenvalue weighted by Crippen LogP contribution is -2.19. The first-order valence-electron chi connectivity index (χ1n) is 4.97. The molecule has 2 rings (SSSR count). The van der Waals surface area contributed by atoms with Crippen molar-refractivity contribution in [2.45, 2.75) is 25.4 Å². The molecular weight excluding hydrogens is 160 g/mol. The summed E-state index contributed by atoms with van der Waals surface area (Å²) in [5.41, 5.74) is 1.27. The molecule has 1 saturated heterocycles. The maximum atomic E-state index is 5.63. The zero-order valence-corrected chi connectivity index (χ0v) is 7.78. The van der Waals surface area contributed by atoms with Crippen LogP contribution in [0, 0.1) is 6.42 Å².